The van der Waals surface area contributed by atoms with Crippen LogP contribution in [0.3, 0.4) is 0 Å². The number of ether oxygens (including phenoxy) is 1. The van der Waals surface area contributed by atoms with Gasteiger partial charge in [0.15, 0.2) is 0 Å². The van der Waals surface area contributed by atoms with Crippen molar-refractivity contribution in [1.29, 1.82) is 0 Å². The SMILES string of the molecule is COCCNCCNCc1c(C)cccc1C. The average Bonchev–Trinajstić information content (AvgIpc) is 2.31. The molecule has 1 aromatic rings. The molecule has 0 aromatic heterocycles. The first-order valence-corrected chi connectivity index (χ1v) is 6.21. The molecule has 0 atom stereocenters. The zero-order chi connectivity index (χ0) is 12.5. The third kappa shape index (κ3) is 5.31. The quantitative estimate of drug-likeness (QED) is 0.673. The lowest BCUT2D eigenvalue weighted by Crippen LogP contribution is -2.29. The molecule has 0 saturated carbocycles. The van der Waals surface area contributed by atoms with E-state index in [0.29, 0.717) is 0 Å². The lowest BCUT2D eigenvalue weighted by molar-refractivity contribution is 0.199. The van der Waals surface area contributed by atoms with Gasteiger partial charge in [-0.1, -0.05) is 18.2 Å². The summed E-state index contributed by atoms with van der Waals surface area (Å²) >= 11 is 0. The van der Waals surface area contributed by atoms with Crippen molar-refractivity contribution < 1.29 is 4.74 Å². The minimum absolute atomic E-state index is 0.775. The molecule has 0 radical (unpaired) electrons. The highest BCUT2D eigenvalue weighted by molar-refractivity contribution is 5.33. The van der Waals surface area contributed by atoms with E-state index in [1.54, 1.807) is 7.11 Å². The van der Waals surface area contributed by atoms with Crippen molar-refractivity contribution in [2.24, 2.45) is 0 Å². The largest absolute Gasteiger partial charge is 0.383 e. The Hall–Kier alpha value is -0.900. The summed E-state index contributed by atoms with van der Waals surface area (Å²) in [5, 5.41) is 6.77. The van der Waals surface area contributed by atoms with E-state index in [9.17, 15) is 0 Å². The molecule has 96 valence electrons. The molecule has 0 fully saturated rings. The summed E-state index contributed by atoms with van der Waals surface area (Å²) in [5.74, 6) is 0. The van der Waals surface area contributed by atoms with Gasteiger partial charge in [0, 0.05) is 33.3 Å². The van der Waals surface area contributed by atoms with Crippen LogP contribution < -0.4 is 10.6 Å². The lowest BCUT2D eigenvalue weighted by Gasteiger charge is -2.11. The first kappa shape index (κ1) is 14.2. The second kappa shape index (κ2) is 8.23. The topological polar surface area (TPSA) is 33.3 Å². The van der Waals surface area contributed by atoms with Gasteiger partial charge in [0.1, 0.15) is 0 Å². The summed E-state index contributed by atoms with van der Waals surface area (Å²) in [5.41, 5.74) is 4.15. The number of hydrogen-bond acceptors (Lipinski definition) is 3. The number of aryl methyl sites for hydroxylation is 2. The molecule has 0 amide bonds. The Labute approximate surface area is 105 Å². The molecule has 0 bridgehead atoms. The normalized spacial score (nSPS) is 10.8. The predicted molar refractivity (Wildman–Crippen MR) is 72.4 cm³/mol. The number of rotatable bonds is 8. The van der Waals surface area contributed by atoms with E-state index < -0.39 is 0 Å². The molecule has 3 nitrogen and oxygen atoms in total. The summed E-state index contributed by atoms with van der Waals surface area (Å²) in [4.78, 5) is 0. The molecule has 0 saturated heterocycles. The van der Waals surface area contributed by atoms with Crippen molar-refractivity contribution in [2.75, 3.05) is 33.4 Å². The maximum atomic E-state index is 4.97. The van der Waals surface area contributed by atoms with Crippen molar-refractivity contribution >= 4 is 0 Å². The van der Waals surface area contributed by atoms with Crippen LogP contribution in [0.1, 0.15) is 16.7 Å². The second-order valence-corrected chi connectivity index (χ2v) is 4.29. The smallest absolute Gasteiger partial charge is 0.0587 e. The van der Waals surface area contributed by atoms with Crippen LogP contribution in [0.15, 0.2) is 18.2 Å². The molecule has 0 aliphatic rings. The number of nitrogens with one attached hydrogen (secondary N) is 2. The van der Waals surface area contributed by atoms with E-state index in [1.165, 1.54) is 16.7 Å². The fraction of sp³-hybridized carbons (Fsp3) is 0.571. The van der Waals surface area contributed by atoms with Crippen LogP contribution in [0, 0.1) is 13.8 Å². The van der Waals surface area contributed by atoms with Gasteiger partial charge in [-0.25, -0.2) is 0 Å². The summed E-state index contributed by atoms with van der Waals surface area (Å²) in [6.07, 6.45) is 0. The summed E-state index contributed by atoms with van der Waals surface area (Å²) in [7, 11) is 1.72. The molecule has 1 aromatic carbocycles. The summed E-state index contributed by atoms with van der Waals surface area (Å²) in [6.45, 7) is 8.94. The zero-order valence-corrected chi connectivity index (χ0v) is 11.2. The number of hydrogen-bond donors (Lipinski definition) is 2. The Morgan fingerprint density at radius 3 is 2.29 bits per heavy atom. The second-order valence-electron chi connectivity index (χ2n) is 4.29. The molecule has 0 heterocycles. The van der Waals surface area contributed by atoms with Gasteiger partial charge in [-0.15, -0.1) is 0 Å². The fourth-order valence-corrected chi connectivity index (χ4v) is 1.82. The molecule has 1 rings (SSSR count). The highest BCUT2D eigenvalue weighted by Gasteiger charge is 2.00. The van der Waals surface area contributed by atoms with E-state index in [-0.39, 0.29) is 0 Å². The summed E-state index contributed by atoms with van der Waals surface area (Å²) in [6, 6.07) is 6.45. The Kier molecular flexibility index (Phi) is 6.86. The monoisotopic (exact) mass is 236 g/mol. The van der Waals surface area contributed by atoms with Gasteiger partial charge in [-0.3, -0.25) is 0 Å². The van der Waals surface area contributed by atoms with Crippen molar-refractivity contribution in [2.45, 2.75) is 20.4 Å². The molecule has 0 aliphatic carbocycles. The standard InChI is InChI=1S/C14H24N2O/c1-12-5-4-6-13(2)14(12)11-16-8-7-15-9-10-17-3/h4-6,15-16H,7-11H2,1-3H3. The van der Waals surface area contributed by atoms with Crippen molar-refractivity contribution in [1.82, 2.24) is 10.6 Å². The number of benzene rings is 1. The molecule has 0 spiro atoms. The average molecular weight is 236 g/mol. The van der Waals surface area contributed by atoms with Crippen molar-refractivity contribution in [3.63, 3.8) is 0 Å². The van der Waals surface area contributed by atoms with Crippen LogP contribution in [0.2, 0.25) is 0 Å². The van der Waals surface area contributed by atoms with E-state index in [4.69, 9.17) is 4.74 Å². The van der Waals surface area contributed by atoms with Crippen LogP contribution in [0.25, 0.3) is 0 Å². The van der Waals surface area contributed by atoms with E-state index in [1.807, 2.05) is 0 Å². The van der Waals surface area contributed by atoms with Gasteiger partial charge < -0.3 is 15.4 Å². The molecule has 0 unspecified atom stereocenters. The Balaban J connectivity index is 2.18. The van der Waals surface area contributed by atoms with Crippen LogP contribution in [-0.4, -0.2) is 33.4 Å². The van der Waals surface area contributed by atoms with Gasteiger partial charge in [0.05, 0.1) is 6.61 Å². The third-order valence-electron chi connectivity index (χ3n) is 2.91. The lowest BCUT2D eigenvalue weighted by atomic mass is 10.0. The molecule has 0 aliphatic heterocycles. The predicted octanol–water partition coefficient (Wildman–Crippen LogP) is 1.63. The van der Waals surface area contributed by atoms with E-state index >= 15 is 0 Å². The van der Waals surface area contributed by atoms with Gasteiger partial charge in [0.25, 0.3) is 0 Å². The molecular formula is C14H24N2O. The first-order chi connectivity index (χ1) is 8.25. The maximum absolute atomic E-state index is 4.97. The van der Waals surface area contributed by atoms with Crippen LogP contribution in [0.5, 0.6) is 0 Å². The van der Waals surface area contributed by atoms with E-state index in [2.05, 4.69) is 42.7 Å². The fourth-order valence-electron chi connectivity index (χ4n) is 1.82. The van der Waals surface area contributed by atoms with Gasteiger partial charge in [0.2, 0.25) is 0 Å². The Morgan fingerprint density at radius 1 is 1.00 bits per heavy atom. The van der Waals surface area contributed by atoms with Crippen molar-refractivity contribution in [3.8, 4) is 0 Å². The molecular weight excluding hydrogens is 212 g/mol. The van der Waals surface area contributed by atoms with Crippen LogP contribution in [0.4, 0.5) is 0 Å². The maximum Gasteiger partial charge on any atom is 0.0587 e. The van der Waals surface area contributed by atoms with Crippen LogP contribution in [-0.2, 0) is 11.3 Å². The van der Waals surface area contributed by atoms with Gasteiger partial charge in [-0.2, -0.15) is 0 Å². The number of methoxy groups -OCH3 is 1. The van der Waals surface area contributed by atoms with Gasteiger partial charge >= 0.3 is 0 Å². The molecule has 2 N–H and O–H groups in total. The Bertz CT molecular complexity index is 306. The Morgan fingerprint density at radius 2 is 1.65 bits per heavy atom. The first-order valence-electron chi connectivity index (χ1n) is 6.21. The molecule has 3 heteroatoms. The highest BCUT2D eigenvalue weighted by atomic mass is 16.5. The minimum atomic E-state index is 0.775. The van der Waals surface area contributed by atoms with Gasteiger partial charge in [-0.05, 0) is 30.5 Å². The van der Waals surface area contributed by atoms with E-state index in [0.717, 1.165) is 32.8 Å². The highest BCUT2D eigenvalue weighted by Crippen LogP contribution is 2.12. The van der Waals surface area contributed by atoms with Crippen molar-refractivity contribution in [3.05, 3.63) is 34.9 Å². The zero-order valence-electron chi connectivity index (χ0n) is 11.2. The molecule has 17 heavy (non-hydrogen) atoms. The minimum Gasteiger partial charge on any atom is -0.383 e. The third-order valence-corrected chi connectivity index (χ3v) is 2.91. The summed E-state index contributed by atoms with van der Waals surface area (Å²) < 4.78 is 4.97. The van der Waals surface area contributed by atoms with Crippen LogP contribution >= 0.6 is 0 Å².